The van der Waals surface area contributed by atoms with Gasteiger partial charge in [0.25, 0.3) is 0 Å². The van der Waals surface area contributed by atoms with E-state index in [9.17, 15) is 23.1 Å². The number of nitrogens with zero attached hydrogens (tertiary/aromatic N) is 2. The Morgan fingerprint density at radius 3 is 2.75 bits per heavy atom. The van der Waals surface area contributed by atoms with Crippen LogP contribution in [0.15, 0.2) is 41.3 Å². The maximum atomic E-state index is 12.1. The van der Waals surface area contributed by atoms with Crippen molar-refractivity contribution < 1.29 is 23.0 Å². The molecular formula is C16H15F3N2O3. The van der Waals surface area contributed by atoms with Crippen LogP contribution in [0.1, 0.15) is 11.3 Å². The molecule has 24 heavy (non-hydrogen) atoms. The Morgan fingerprint density at radius 2 is 2.00 bits per heavy atom. The minimum absolute atomic E-state index is 0.293. The molecule has 0 saturated carbocycles. The lowest BCUT2D eigenvalue weighted by Gasteiger charge is -2.32. The van der Waals surface area contributed by atoms with Crippen molar-refractivity contribution >= 4 is 5.69 Å². The van der Waals surface area contributed by atoms with Gasteiger partial charge in [0.05, 0.1) is 19.3 Å². The number of alkyl halides is 3. The fourth-order valence-corrected chi connectivity index (χ4v) is 2.68. The molecule has 1 aromatic heterocycles. The van der Waals surface area contributed by atoms with Crippen LogP contribution in [-0.2, 0) is 24.4 Å². The Kier molecular flexibility index (Phi) is 4.23. The Balaban J connectivity index is 1.78. The van der Waals surface area contributed by atoms with Crippen molar-refractivity contribution in [1.29, 1.82) is 0 Å². The monoisotopic (exact) mass is 340 g/mol. The van der Waals surface area contributed by atoms with E-state index in [0.717, 1.165) is 11.4 Å². The maximum absolute atomic E-state index is 12.1. The smallest absolute Gasteiger partial charge is 0.503 e. The van der Waals surface area contributed by atoms with E-state index in [2.05, 4.69) is 4.74 Å². The molecule has 3 rings (SSSR count). The number of hydrogen-bond acceptors (Lipinski definition) is 4. The molecular weight excluding hydrogens is 325 g/mol. The predicted molar refractivity (Wildman–Crippen MR) is 80.7 cm³/mol. The summed E-state index contributed by atoms with van der Waals surface area (Å²) in [6.07, 6.45) is -3.26. The quantitative estimate of drug-likeness (QED) is 0.933. The van der Waals surface area contributed by atoms with E-state index in [0.29, 0.717) is 25.2 Å². The molecule has 0 bridgehead atoms. The molecule has 0 fully saturated rings. The Bertz CT molecular complexity index is 802. The fourth-order valence-electron chi connectivity index (χ4n) is 2.68. The van der Waals surface area contributed by atoms with Crippen molar-refractivity contribution in [2.45, 2.75) is 26.1 Å². The summed E-state index contributed by atoms with van der Waals surface area (Å²) in [5.41, 5.74) is 1.46. The van der Waals surface area contributed by atoms with Crippen LogP contribution in [-0.4, -0.2) is 22.6 Å². The molecule has 1 aliphatic rings. The highest BCUT2D eigenvalue weighted by Gasteiger charge is 2.29. The molecule has 1 N–H and O–H groups in total. The van der Waals surface area contributed by atoms with Gasteiger partial charge in [0, 0.05) is 30.5 Å². The van der Waals surface area contributed by atoms with Gasteiger partial charge >= 0.3 is 6.36 Å². The maximum Gasteiger partial charge on any atom is 0.522 e. The summed E-state index contributed by atoms with van der Waals surface area (Å²) in [5, 5.41) is 9.47. The number of halogens is 3. The Morgan fingerprint density at radius 1 is 1.21 bits per heavy atom. The molecule has 2 heterocycles. The van der Waals surface area contributed by atoms with Crippen molar-refractivity contribution in [2.24, 2.45) is 0 Å². The summed E-state index contributed by atoms with van der Waals surface area (Å²) in [5.74, 6) is -0.293. The summed E-state index contributed by atoms with van der Waals surface area (Å²) in [7, 11) is 0. The van der Waals surface area contributed by atoms with E-state index in [-0.39, 0.29) is 5.75 Å². The van der Waals surface area contributed by atoms with Crippen molar-refractivity contribution in [3.63, 3.8) is 0 Å². The molecule has 0 spiro atoms. The molecule has 128 valence electrons. The number of aromatic hydroxyl groups is 1. The third-order valence-corrected chi connectivity index (χ3v) is 3.84. The van der Waals surface area contributed by atoms with E-state index in [4.69, 9.17) is 0 Å². The van der Waals surface area contributed by atoms with E-state index >= 15 is 0 Å². The second-order valence-electron chi connectivity index (χ2n) is 5.53. The van der Waals surface area contributed by atoms with Crippen LogP contribution in [0.2, 0.25) is 0 Å². The van der Waals surface area contributed by atoms with Gasteiger partial charge in [-0.25, -0.2) is 0 Å². The number of ether oxygens (including phenoxy) is 1. The van der Waals surface area contributed by atoms with Crippen LogP contribution in [0.5, 0.6) is 5.75 Å². The van der Waals surface area contributed by atoms with Gasteiger partial charge in [0.2, 0.25) is 5.43 Å². The van der Waals surface area contributed by atoms with Gasteiger partial charge in [0.1, 0.15) is 0 Å². The number of pyridine rings is 1. The van der Waals surface area contributed by atoms with Crippen molar-refractivity contribution in [3.8, 4) is 5.75 Å². The molecule has 0 amide bonds. The molecule has 2 aromatic rings. The zero-order chi connectivity index (χ0) is 17.3. The van der Waals surface area contributed by atoms with Gasteiger partial charge < -0.3 is 14.6 Å². The Hall–Kier alpha value is -2.48. The van der Waals surface area contributed by atoms with Gasteiger partial charge in [-0.2, -0.15) is 0 Å². The molecule has 0 saturated heterocycles. The van der Waals surface area contributed by atoms with Crippen molar-refractivity contribution in [2.75, 3.05) is 11.4 Å². The molecule has 8 heteroatoms. The third-order valence-electron chi connectivity index (χ3n) is 3.84. The number of hydrogen-bond donors (Lipinski definition) is 1. The SMILES string of the molecule is O=c1cc2n(cc1O)CCN(c1cccc(COC(F)(F)F)c1)C2. The minimum atomic E-state index is -4.66. The van der Waals surface area contributed by atoms with E-state index in [1.54, 1.807) is 28.8 Å². The first-order valence-electron chi connectivity index (χ1n) is 7.29. The number of anilines is 1. The lowest BCUT2D eigenvalue weighted by Crippen LogP contribution is -2.35. The van der Waals surface area contributed by atoms with Gasteiger partial charge in [-0.05, 0) is 17.7 Å². The molecule has 1 aromatic carbocycles. The number of rotatable bonds is 3. The van der Waals surface area contributed by atoms with Crippen LogP contribution in [0.25, 0.3) is 0 Å². The molecule has 0 unspecified atom stereocenters. The summed E-state index contributed by atoms with van der Waals surface area (Å²) >= 11 is 0. The highest BCUT2D eigenvalue weighted by atomic mass is 19.4. The Labute approximate surface area is 135 Å². The van der Waals surface area contributed by atoms with Crippen LogP contribution in [0.3, 0.4) is 0 Å². The zero-order valence-electron chi connectivity index (χ0n) is 12.6. The molecule has 0 radical (unpaired) electrons. The van der Waals surface area contributed by atoms with E-state index < -0.39 is 18.4 Å². The predicted octanol–water partition coefficient (Wildman–Crippen LogP) is 2.61. The van der Waals surface area contributed by atoms with Crippen molar-refractivity contribution in [3.05, 3.63) is 58.0 Å². The van der Waals surface area contributed by atoms with Gasteiger partial charge in [-0.1, -0.05) is 12.1 Å². The normalized spacial score (nSPS) is 14.5. The largest absolute Gasteiger partial charge is 0.522 e. The first kappa shape index (κ1) is 16.4. The summed E-state index contributed by atoms with van der Waals surface area (Å²) in [4.78, 5) is 13.5. The summed E-state index contributed by atoms with van der Waals surface area (Å²) in [6.45, 7) is 1.06. The highest BCUT2D eigenvalue weighted by Crippen LogP contribution is 2.24. The zero-order valence-corrected chi connectivity index (χ0v) is 12.6. The van der Waals surface area contributed by atoms with Gasteiger partial charge in [0.15, 0.2) is 5.75 Å². The van der Waals surface area contributed by atoms with Gasteiger partial charge in [-0.3, -0.25) is 9.53 Å². The van der Waals surface area contributed by atoms with Crippen molar-refractivity contribution in [1.82, 2.24) is 4.57 Å². The summed E-state index contributed by atoms with van der Waals surface area (Å²) in [6, 6.07) is 8.04. The topological polar surface area (TPSA) is 54.7 Å². The molecule has 1 aliphatic heterocycles. The summed E-state index contributed by atoms with van der Waals surface area (Å²) < 4.78 is 42.1. The van der Waals surface area contributed by atoms with Crippen LogP contribution < -0.4 is 10.3 Å². The molecule has 0 atom stereocenters. The fraction of sp³-hybridized carbons (Fsp3) is 0.312. The van der Waals surface area contributed by atoms with E-state index in [1.165, 1.54) is 12.3 Å². The lowest BCUT2D eigenvalue weighted by atomic mass is 10.1. The number of fused-ring (bicyclic) bond motifs is 1. The first-order valence-corrected chi connectivity index (χ1v) is 7.29. The lowest BCUT2D eigenvalue weighted by molar-refractivity contribution is -0.330. The minimum Gasteiger partial charge on any atom is -0.503 e. The van der Waals surface area contributed by atoms with Gasteiger partial charge in [-0.15, -0.1) is 13.2 Å². The second-order valence-corrected chi connectivity index (χ2v) is 5.53. The molecule has 5 nitrogen and oxygen atoms in total. The standard InChI is InChI=1S/C16H15F3N2O3/c17-16(18,19)24-10-11-2-1-3-12(6-11)20-4-5-21-9-15(23)14(22)7-13(21)8-20/h1-3,6-7,9,23H,4-5,8,10H2. The average Bonchev–Trinajstić information content (AvgIpc) is 2.53. The molecule has 0 aliphatic carbocycles. The number of aromatic nitrogens is 1. The average molecular weight is 340 g/mol. The third kappa shape index (κ3) is 3.70. The second kappa shape index (κ2) is 6.20. The van der Waals surface area contributed by atoms with Crippen LogP contribution >= 0.6 is 0 Å². The number of benzene rings is 1. The highest BCUT2D eigenvalue weighted by molar-refractivity contribution is 5.49. The van der Waals surface area contributed by atoms with E-state index in [1.807, 2.05) is 4.90 Å². The van der Waals surface area contributed by atoms with Crippen LogP contribution in [0, 0.1) is 0 Å². The van der Waals surface area contributed by atoms with Crippen LogP contribution in [0.4, 0.5) is 18.9 Å². The first-order chi connectivity index (χ1) is 11.3.